The Labute approximate surface area is 190 Å². The van der Waals surface area contributed by atoms with Crippen LogP contribution in [0.5, 0.6) is 0 Å². The second kappa shape index (κ2) is 8.32. The van der Waals surface area contributed by atoms with Gasteiger partial charge in [0.15, 0.2) is 5.82 Å². The molecule has 0 unspecified atom stereocenters. The zero-order valence-electron chi connectivity index (χ0n) is 18.6. The Morgan fingerprint density at radius 2 is 1.91 bits per heavy atom. The first-order valence-electron chi connectivity index (χ1n) is 11.0. The Hall–Kier alpha value is -3.72. The summed E-state index contributed by atoms with van der Waals surface area (Å²) in [5.74, 6) is 1.21. The molecule has 0 radical (unpaired) electrons. The molecule has 0 bridgehead atoms. The second-order valence-corrected chi connectivity index (χ2v) is 8.49. The molecule has 1 aliphatic rings. The number of anilines is 1. The summed E-state index contributed by atoms with van der Waals surface area (Å²) in [5, 5.41) is 19.9. The van der Waals surface area contributed by atoms with E-state index in [1.165, 1.54) is 25.0 Å². The van der Waals surface area contributed by atoms with E-state index in [0.717, 1.165) is 45.8 Å². The van der Waals surface area contributed by atoms with E-state index < -0.39 is 0 Å². The van der Waals surface area contributed by atoms with Crippen molar-refractivity contribution < 1.29 is 9.50 Å². The fourth-order valence-electron chi connectivity index (χ4n) is 4.04. The minimum Gasteiger partial charge on any atom is -0.392 e. The van der Waals surface area contributed by atoms with Crippen LogP contribution in [0, 0.1) is 25.6 Å². The Bertz CT molecular complexity index is 1380. The predicted octanol–water partition coefficient (Wildman–Crippen LogP) is 3.98. The molecule has 1 aliphatic carbocycles. The van der Waals surface area contributed by atoms with Crippen LogP contribution in [0.4, 0.5) is 10.2 Å². The van der Waals surface area contributed by atoms with Crippen molar-refractivity contribution in [2.45, 2.75) is 39.8 Å². The van der Waals surface area contributed by atoms with Crippen LogP contribution in [-0.4, -0.2) is 34.6 Å². The number of fused-ring (bicyclic) bond motifs is 1. The highest BCUT2D eigenvalue weighted by molar-refractivity contribution is 5.91. The number of aliphatic hydroxyl groups is 1. The second-order valence-electron chi connectivity index (χ2n) is 8.49. The standard InChI is InChI=1S/C24H26FN7O/c1-14-20(13-33)15(2)32(29-14)22-11-21(26)28-24-19(9-10-27-22)23(17-5-7-18(25)8-6-17)30-31(24)12-16-3-4-16/h5-11,16,28,33H,3-4,12-13,26H2,1-2H3. The fourth-order valence-corrected chi connectivity index (χ4v) is 4.04. The number of hydrogen-bond acceptors (Lipinski definition) is 5. The van der Waals surface area contributed by atoms with E-state index in [-0.39, 0.29) is 12.4 Å². The Kier molecular flexibility index (Phi) is 5.33. The van der Waals surface area contributed by atoms with Gasteiger partial charge in [-0.3, -0.25) is 0 Å². The van der Waals surface area contributed by atoms with Crippen molar-refractivity contribution in [3.8, 4) is 17.1 Å². The summed E-state index contributed by atoms with van der Waals surface area (Å²) in [6.07, 6.45) is 4.05. The molecule has 170 valence electrons. The van der Waals surface area contributed by atoms with Gasteiger partial charge in [0, 0.05) is 41.0 Å². The zero-order valence-corrected chi connectivity index (χ0v) is 18.6. The number of benzene rings is 1. The average molecular weight is 448 g/mol. The number of aryl methyl sites for hydroxylation is 1. The molecule has 1 aromatic carbocycles. The van der Waals surface area contributed by atoms with Crippen molar-refractivity contribution in [1.82, 2.24) is 29.5 Å². The zero-order chi connectivity index (χ0) is 23.1. The summed E-state index contributed by atoms with van der Waals surface area (Å²) in [6, 6.07) is 9.90. The topological polar surface area (TPSA) is 111 Å². The summed E-state index contributed by atoms with van der Waals surface area (Å²) < 4.78 is 17.1. The molecular formula is C24H26FN7O. The number of nitrogens with two attached hydrogens (primary N) is 1. The van der Waals surface area contributed by atoms with E-state index in [4.69, 9.17) is 10.8 Å². The lowest BCUT2D eigenvalue weighted by molar-refractivity contribution is 0.280. The van der Waals surface area contributed by atoms with Gasteiger partial charge in [0.1, 0.15) is 23.0 Å². The minimum absolute atomic E-state index is 0.0955. The molecule has 0 amide bonds. The molecule has 8 nitrogen and oxygen atoms in total. The molecule has 0 atom stereocenters. The molecule has 1 fully saturated rings. The summed E-state index contributed by atoms with van der Waals surface area (Å²) in [4.78, 5) is 7.91. The molecule has 4 aromatic rings. The van der Waals surface area contributed by atoms with E-state index in [9.17, 15) is 9.50 Å². The fraction of sp³-hybridized carbons (Fsp3) is 0.292. The number of aromatic nitrogens is 6. The van der Waals surface area contributed by atoms with Crippen LogP contribution in [0.2, 0.25) is 0 Å². The molecule has 3 heterocycles. The van der Waals surface area contributed by atoms with Crippen LogP contribution >= 0.6 is 0 Å². The Balaban J connectivity index is 1.73. The predicted molar refractivity (Wildman–Crippen MR) is 125 cm³/mol. The summed E-state index contributed by atoms with van der Waals surface area (Å²) in [6.45, 7) is 4.42. The van der Waals surface area contributed by atoms with E-state index in [0.29, 0.717) is 17.6 Å². The van der Waals surface area contributed by atoms with Gasteiger partial charge in [0.05, 0.1) is 12.3 Å². The average Bonchev–Trinajstić information content (AvgIpc) is 3.46. The van der Waals surface area contributed by atoms with Gasteiger partial charge in [-0.25, -0.2) is 18.7 Å². The maximum absolute atomic E-state index is 13.5. The molecule has 0 aliphatic heterocycles. The third-order valence-electron chi connectivity index (χ3n) is 6.05. The highest BCUT2D eigenvalue weighted by atomic mass is 19.1. The van der Waals surface area contributed by atoms with Gasteiger partial charge in [-0.1, -0.05) is 0 Å². The number of aliphatic hydroxyl groups excluding tert-OH is 1. The lowest BCUT2D eigenvalue weighted by Gasteiger charge is -2.03. The number of H-pyrrole nitrogens is 1. The maximum Gasteiger partial charge on any atom is 0.157 e. The van der Waals surface area contributed by atoms with Crippen molar-refractivity contribution >= 4 is 16.9 Å². The number of hydrogen-bond donors (Lipinski definition) is 3. The smallest absolute Gasteiger partial charge is 0.157 e. The van der Waals surface area contributed by atoms with Crippen LogP contribution < -0.4 is 5.73 Å². The van der Waals surface area contributed by atoms with Crippen LogP contribution in [0.3, 0.4) is 0 Å². The third kappa shape index (κ3) is 4.07. The van der Waals surface area contributed by atoms with Crippen molar-refractivity contribution in [3.63, 3.8) is 0 Å². The first-order valence-corrected chi connectivity index (χ1v) is 11.0. The van der Waals surface area contributed by atoms with Crippen molar-refractivity contribution in [2.75, 3.05) is 5.73 Å². The summed E-state index contributed by atoms with van der Waals surface area (Å²) in [7, 11) is 0. The molecule has 4 N–H and O–H groups in total. The highest BCUT2D eigenvalue weighted by Gasteiger charge is 2.24. The van der Waals surface area contributed by atoms with Gasteiger partial charge < -0.3 is 15.8 Å². The van der Waals surface area contributed by atoms with Crippen LogP contribution in [0.25, 0.3) is 28.1 Å². The largest absolute Gasteiger partial charge is 0.392 e. The molecule has 3 aromatic heterocycles. The third-order valence-corrected chi connectivity index (χ3v) is 6.05. The number of nitrogens with zero attached hydrogens (tertiary/aromatic N) is 5. The SMILES string of the molecule is Cc1nn(-c2cc(N)[nH]c3c(ccn2)c(-c2ccc(F)cc2)nn3CC2CC2)c(C)c1CO. The van der Waals surface area contributed by atoms with Crippen LogP contribution in [-0.2, 0) is 13.2 Å². The minimum atomic E-state index is -0.293. The molecule has 33 heavy (non-hydrogen) atoms. The monoisotopic (exact) mass is 447 g/mol. The van der Waals surface area contributed by atoms with Gasteiger partial charge >= 0.3 is 0 Å². The van der Waals surface area contributed by atoms with Crippen molar-refractivity contribution in [3.05, 3.63) is 65.4 Å². The van der Waals surface area contributed by atoms with Gasteiger partial charge in [-0.15, -0.1) is 0 Å². The molecule has 9 heteroatoms. The van der Waals surface area contributed by atoms with Crippen molar-refractivity contribution in [1.29, 1.82) is 0 Å². The molecule has 0 spiro atoms. The summed E-state index contributed by atoms with van der Waals surface area (Å²) >= 11 is 0. The number of nitrogens with one attached hydrogen (secondary N) is 1. The van der Waals surface area contributed by atoms with Gasteiger partial charge in [0.2, 0.25) is 0 Å². The normalized spacial score (nSPS) is 13.5. The van der Waals surface area contributed by atoms with Gasteiger partial charge in [-0.2, -0.15) is 10.2 Å². The first kappa shape index (κ1) is 21.1. The molecular weight excluding hydrogens is 421 g/mol. The quantitative estimate of drug-likeness (QED) is 0.429. The molecule has 1 saturated carbocycles. The Morgan fingerprint density at radius 1 is 1.15 bits per heavy atom. The number of halogens is 1. The molecule has 0 saturated heterocycles. The summed E-state index contributed by atoms with van der Waals surface area (Å²) in [5.41, 5.74) is 11.0. The van der Waals surface area contributed by atoms with Crippen LogP contribution in [0.15, 0.2) is 42.6 Å². The number of nitrogen functional groups attached to an aromatic ring is 1. The van der Waals surface area contributed by atoms with Gasteiger partial charge in [0.25, 0.3) is 0 Å². The number of rotatable bonds is 5. The first-order chi connectivity index (χ1) is 15.9. The lowest BCUT2D eigenvalue weighted by Crippen LogP contribution is -2.04. The van der Waals surface area contributed by atoms with E-state index in [1.54, 1.807) is 29.1 Å². The van der Waals surface area contributed by atoms with E-state index >= 15 is 0 Å². The number of aromatic amines is 1. The van der Waals surface area contributed by atoms with Crippen molar-refractivity contribution in [2.24, 2.45) is 5.92 Å². The Morgan fingerprint density at radius 3 is 2.58 bits per heavy atom. The van der Waals surface area contributed by atoms with Crippen LogP contribution in [0.1, 0.15) is 29.8 Å². The highest BCUT2D eigenvalue weighted by Crippen LogP contribution is 2.33. The van der Waals surface area contributed by atoms with Gasteiger partial charge in [-0.05, 0) is 62.9 Å². The van der Waals surface area contributed by atoms with E-state index in [1.807, 2.05) is 24.6 Å². The van der Waals surface area contributed by atoms with E-state index in [2.05, 4.69) is 15.1 Å². The maximum atomic E-state index is 13.5. The lowest BCUT2D eigenvalue weighted by atomic mass is 10.1. The molecule has 5 rings (SSSR count).